The van der Waals surface area contributed by atoms with Crippen molar-refractivity contribution >= 4 is 5.69 Å². The molecule has 0 amide bonds. The van der Waals surface area contributed by atoms with Gasteiger partial charge in [0.25, 0.3) is 0 Å². The Morgan fingerprint density at radius 1 is 0.930 bits per heavy atom. The van der Waals surface area contributed by atoms with Crippen LogP contribution >= 0.6 is 0 Å². The lowest BCUT2D eigenvalue weighted by Gasteiger charge is -2.39. The van der Waals surface area contributed by atoms with E-state index in [1.165, 1.54) is 7.11 Å². The third-order valence-electron chi connectivity index (χ3n) is 8.44. The first-order valence-electron chi connectivity index (χ1n) is 14.6. The number of aliphatic hydroxyl groups excluding tert-OH is 3. The summed E-state index contributed by atoms with van der Waals surface area (Å²) in [5, 5.41) is 49.4. The first kappa shape index (κ1) is 29.2. The summed E-state index contributed by atoms with van der Waals surface area (Å²) in [6.45, 7) is 3.35. The monoisotopic (exact) mass is 594 g/mol. The van der Waals surface area contributed by atoms with Crippen molar-refractivity contribution in [1.82, 2.24) is 5.32 Å². The number of phenols is 1. The highest BCUT2D eigenvalue weighted by molar-refractivity contribution is 5.93. The van der Waals surface area contributed by atoms with E-state index in [2.05, 4.69) is 10.6 Å². The highest BCUT2D eigenvalue weighted by Crippen LogP contribution is 2.57. The molecule has 0 aromatic heterocycles. The van der Waals surface area contributed by atoms with Gasteiger partial charge in [0, 0.05) is 59.0 Å². The van der Waals surface area contributed by atoms with Crippen LogP contribution in [-0.4, -0.2) is 67.7 Å². The highest BCUT2D eigenvalue weighted by atomic mass is 16.5. The van der Waals surface area contributed by atoms with Gasteiger partial charge in [0.2, 0.25) is 5.75 Å². The molecule has 0 saturated heterocycles. The third kappa shape index (κ3) is 4.96. The molecule has 43 heavy (non-hydrogen) atoms. The van der Waals surface area contributed by atoms with E-state index in [9.17, 15) is 15.3 Å². The number of anilines is 1. The molecule has 3 aromatic rings. The number of hydrogen-bond donors (Lipinski definition) is 6. The Balaban J connectivity index is 1.45. The first-order chi connectivity index (χ1) is 20.9. The van der Waals surface area contributed by atoms with Crippen molar-refractivity contribution < 1.29 is 44.1 Å². The maximum Gasteiger partial charge on any atom is 0.200 e. The molecule has 3 atom stereocenters. The molecule has 0 fully saturated rings. The van der Waals surface area contributed by atoms with Gasteiger partial charge in [0.15, 0.2) is 17.7 Å². The zero-order chi connectivity index (χ0) is 30.2. The normalized spacial score (nSPS) is 19.4. The van der Waals surface area contributed by atoms with Gasteiger partial charge >= 0.3 is 0 Å². The standard InChI is InChI=1S/C32H38N2O9/c1-4-33-15-43-23-13-21(39-2)17-6-7-18-26-20(34-32(38)29(23)28(17)26)12-22-27(18)30(36)19(14-42-22)16-10-24(40-3)31(37)25(11-16)41-9-5-8-35/h10-13,19,30,32-38H,4-9,14-15H2,1-3H3. The summed E-state index contributed by atoms with van der Waals surface area (Å²) in [6.07, 6.45) is -0.270. The van der Waals surface area contributed by atoms with E-state index >= 15 is 0 Å². The zero-order valence-electron chi connectivity index (χ0n) is 24.5. The summed E-state index contributed by atoms with van der Waals surface area (Å²) in [4.78, 5) is 0. The third-order valence-corrected chi connectivity index (χ3v) is 8.44. The second-order valence-corrected chi connectivity index (χ2v) is 10.8. The van der Waals surface area contributed by atoms with E-state index < -0.39 is 18.2 Å². The van der Waals surface area contributed by atoms with E-state index in [1.807, 2.05) is 19.1 Å². The number of fused-ring (bicyclic) bond motifs is 2. The van der Waals surface area contributed by atoms with Crippen molar-refractivity contribution in [1.29, 1.82) is 0 Å². The fourth-order valence-corrected chi connectivity index (χ4v) is 6.41. The van der Waals surface area contributed by atoms with Crippen molar-refractivity contribution in [3.63, 3.8) is 0 Å². The molecule has 0 spiro atoms. The van der Waals surface area contributed by atoms with Crippen LogP contribution in [0.1, 0.15) is 59.4 Å². The summed E-state index contributed by atoms with van der Waals surface area (Å²) < 4.78 is 29.2. The van der Waals surface area contributed by atoms with Crippen LogP contribution in [0.3, 0.4) is 0 Å². The van der Waals surface area contributed by atoms with Gasteiger partial charge in [0.1, 0.15) is 24.0 Å². The van der Waals surface area contributed by atoms with Crippen LogP contribution in [0.15, 0.2) is 24.3 Å². The van der Waals surface area contributed by atoms with Crippen LogP contribution in [-0.2, 0) is 12.8 Å². The van der Waals surface area contributed by atoms with E-state index in [4.69, 9.17) is 28.8 Å². The summed E-state index contributed by atoms with van der Waals surface area (Å²) in [5.41, 5.74) is 6.41. The quantitative estimate of drug-likeness (QED) is 0.143. The van der Waals surface area contributed by atoms with E-state index in [0.29, 0.717) is 53.2 Å². The predicted octanol–water partition coefficient (Wildman–Crippen LogP) is 3.51. The lowest BCUT2D eigenvalue weighted by atomic mass is 9.74. The van der Waals surface area contributed by atoms with Crippen LogP contribution in [0.2, 0.25) is 0 Å². The number of aromatic hydroxyl groups is 1. The van der Waals surface area contributed by atoms with Gasteiger partial charge in [-0.3, -0.25) is 5.32 Å². The molecule has 6 rings (SSSR count). The Labute approximate surface area is 249 Å². The molecule has 3 aromatic carbocycles. The van der Waals surface area contributed by atoms with Crippen LogP contribution in [0, 0.1) is 0 Å². The number of hydrogen-bond acceptors (Lipinski definition) is 11. The number of benzene rings is 3. The second kappa shape index (κ2) is 12.0. The molecule has 0 bridgehead atoms. The smallest absolute Gasteiger partial charge is 0.200 e. The predicted molar refractivity (Wildman–Crippen MR) is 159 cm³/mol. The average molecular weight is 595 g/mol. The highest BCUT2D eigenvalue weighted by Gasteiger charge is 2.41. The molecule has 0 radical (unpaired) electrons. The maximum atomic E-state index is 12.0. The molecule has 230 valence electrons. The molecular formula is C32H38N2O9. The van der Waals surface area contributed by atoms with Crippen molar-refractivity contribution in [2.24, 2.45) is 0 Å². The number of rotatable bonds is 11. The molecule has 0 saturated carbocycles. The van der Waals surface area contributed by atoms with Crippen molar-refractivity contribution in [3.8, 4) is 45.6 Å². The Kier molecular flexibility index (Phi) is 8.15. The van der Waals surface area contributed by atoms with Crippen LogP contribution in [0.25, 0.3) is 11.1 Å². The van der Waals surface area contributed by atoms with Gasteiger partial charge in [0.05, 0.1) is 39.1 Å². The van der Waals surface area contributed by atoms with Gasteiger partial charge in [-0.25, -0.2) is 0 Å². The Morgan fingerprint density at radius 2 is 1.70 bits per heavy atom. The second-order valence-electron chi connectivity index (χ2n) is 10.8. The molecule has 3 aliphatic rings. The SMILES string of the molecule is CCNCOc1cc(OC)c2c3c1C(O)Nc1cc4c(c(c1-3)CC2)C(O)C(c1cc(OC)c(O)c(OCCCO)c1)CO4. The zero-order valence-corrected chi connectivity index (χ0v) is 24.5. The van der Waals surface area contributed by atoms with Gasteiger partial charge in [-0.15, -0.1) is 0 Å². The van der Waals surface area contributed by atoms with E-state index in [-0.39, 0.29) is 43.8 Å². The summed E-state index contributed by atoms with van der Waals surface area (Å²) in [7, 11) is 3.08. The maximum absolute atomic E-state index is 12.0. The topological polar surface area (TPSA) is 151 Å². The lowest BCUT2D eigenvalue weighted by Crippen LogP contribution is -2.29. The van der Waals surface area contributed by atoms with Crippen LogP contribution < -0.4 is 34.3 Å². The van der Waals surface area contributed by atoms with Gasteiger partial charge in [-0.2, -0.15) is 0 Å². The molecule has 3 unspecified atom stereocenters. The molecule has 2 heterocycles. The minimum atomic E-state index is -1.01. The van der Waals surface area contributed by atoms with Crippen molar-refractivity contribution in [3.05, 3.63) is 52.1 Å². The van der Waals surface area contributed by atoms with Crippen LogP contribution in [0.5, 0.6) is 34.5 Å². The van der Waals surface area contributed by atoms with Crippen LogP contribution in [0.4, 0.5) is 5.69 Å². The average Bonchev–Trinajstić information content (AvgIpc) is 3.01. The van der Waals surface area contributed by atoms with Gasteiger partial charge in [-0.05, 0) is 42.6 Å². The van der Waals surface area contributed by atoms with E-state index in [0.717, 1.165) is 34.5 Å². The fraction of sp³-hybridized carbons (Fsp3) is 0.438. The lowest BCUT2D eigenvalue weighted by molar-refractivity contribution is 0.0877. The summed E-state index contributed by atoms with van der Waals surface area (Å²) in [5.74, 6) is 1.57. The number of nitrogens with one attached hydrogen (secondary N) is 2. The molecule has 11 heteroatoms. The Hall–Kier alpha value is -3.90. The minimum Gasteiger partial charge on any atom is -0.502 e. The number of ether oxygens (including phenoxy) is 5. The summed E-state index contributed by atoms with van der Waals surface area (Å²) >= 11 is 0. The molecule has 2 aliphatic heterocycles. The molecule has 11 nitrogen and oxygen atoms in total. The van der Waals surface area contributed by atoms with Crippen molar-refractivity contribution in [2.45, 2.75) is 44.4 Å². The van der Waals surface area contributed by atoms with Gasteiger partial charge < -0.3 is 49.4 Å². The molecular weight excluding hydrogens is 556 g/mol. The Bertz CT molecular complexity index is 1530. The minimum absolute atomic E-state index is 0.0392. The fourth-order valence-electron chi connectivity index (χ4n) is 6.41. The number of methoxy groups -OCH3 is 2. The van der Waals surface area contributed by atoms with Gasteiger partial charge in [-0.1, -0.05) is 6.92 Å². The number of aliphatic hydroxyl groups is 3. The Morgan fingerprint density at radius 3 is 2.44 bits per heavy atom. The molecule has 6 N–H and O–H groups in total. The van der Waals surface area contributed by atoms with E-state index in [1.54, 1.807) is 19.2 Å². The van der Waals surface area contributed by atoms with Crippen molar-refractivity contribution in [2.75, 3.05) is 52.6 Å². The summed E-state index contributed by atoms with van der Waals surface area (Å²) in [6, 6.07) is 7.04. The molecule has 1 aliphatic carbocycles. The number of phenolic OH excluding ortho intramolecular Hbond substituents is 1. The first-order valence-corrected chi connectivity index (χ1v) is 14.6. The largest absolute Gasteiger partial charge is 0.502 e.